The van der Waals surface area contributed by atoms with E-state index in [4.69, 9.17) is 23.4 Å². The highest BCUT2D eigenvalue weighted by atomic mass is 79.9. The Kier molecular flexibility index (Phi) is 6.05. The quantitative estimate of drug-likeness (QED) is 0.363. The van der Waals surface area contributed by atoms with Gasteiger partial charge in [0.2, 0.25) is 12.7 Å². The van der Waals surface area contributed by atoms with E-state index in [9.17, 15) is 9.90 Å². The second-order valence-electron chi connectivity index (χ2n) is 6.12. The van der Waals surface area contributed by atoms with Crippen molar-refractivity contribution in [2.45, 2.75) is 5.22 Å². The predicted molar refractivity (Wildman–Crippen MR) is 115 cm³/mol. The molecule has 3 aromatic rings. The summed E-state index contributed by atoms with van der Waals surface area (Å²) < 4.78 is 27.5. The minimum Gasteiger partial charge on any atom is -0.497 e. The summed E-state index contributed by atoms with van der Waals surface area (Å²) in [6.07, 6.45) is 1.48. The molecule has 0 radical (unpaired) electrons. The molecular weight excluding hydrogens is 492 g/mol. The van der Waals surface area contributed by atoms with Gasteiger partial charge in [0, 0.05) is 16.1 Å². The van der Waals surface area contributed by atoms with Crippen LogP contribution in [0.2, 0.25) is 0 Å². The molecule has 11 heteroatoms. The van der Waals surface area contributed by atoms with Gasteiger partial charge >= 0.3 is 5.97 Å². The first-order valence-electron chi connectivity index (χ1n) is 8.75. The topological polar surface area (TPSA) is 113 Å². The molecule has 9 nitrogen and oxygen atoms in total. The fraction of sp³-hybridized carbons (Fsp3) is 0.150. The van der Waals surface area contributed by atoms with Gasteiger partial charge in [0.25, 0.3) is 5.22 Å². The summed E-state index contributed by atoms with van der Waals surface area (Å²) in [5.74, 6) is 1.30. The number of hydrogen-bond acceptors (Lipinski definition) is 9. The number of hydrogen-bond donors (Lipinski definition) is 1. The zero-order chi connectivity index (χ0) is 22.0. The first-order valence-corrected chi connectivity index (χ1v) is 10.4. The lowest BCUT2D eigenvalue weighted by Gasteiger charge is -2.05. The Hall–Kier alpha value is -3.18. The number of methoxy groups -OCH3 is 2. The van der Waals surface area contributed by atoms with Gasteiger partial charge in [0.15, 0.2) is 11.5 Å². The van der Waals surface area contributed by atoms with Gasteiger partial charge in [0.1, 0.15) is 16.4 Å². The van der Waals surface area contributed by atoms with Crippen LogP contribution in [0, 0.1) is 0 Å². The van der Waals surface area contributed by atoms with Crippen LogP contribution in [0.1, 0.15) is 5.56 Å². The average Bonchev–Trinajstić information content (AvgIpc) is 3.42. The summed E-state index contributed by atoms with van der Waals surface area (Å²) in [5.41, 5.74) is 1.18. The second kappa shape index (κ2) is 8.90. The summed E-state index contributed by atoms with van der Waals surface area (Å²) >= 11 is 4.25. The number of carbonyl (C=O) groups is 1. The maximum atomic E-state index is 11.8. The van der Waals surface area contributed by atoms with Crippen molar-refractivity contribution >= 4 is 39.7 Å². The van der Waals surface area contributed by atoms with Crippen LogP contribution in [0.15, 0.2) is 49.3 Å². The zero-order valence-corrected chi connectivity index (χ0v) is 18.7. The average molecular weight is 507 g/mol. The van der Waals surface area contributed by atoms with E-state index in [1.54, 1.807) is 30.3 Å². The van der Waals surface area contributed by atoms with E-state index < -0.39 is 5.97 Å². The first-order chi connectivity index (χ1) is 15.0. The molecule has 2 aromatic carbocycles. The predicted octanol–water partition coefficient (Wildman–Crippen LogP) is 4.46. The third-order valence-corrected chi connectivity index (χ3v) is 5.73. The number of aromatic nitrogens is 2. The van der Waals surface area contributed by atoms with Crippen molar-refractivity contribution in [1.82, 2.24) is 10.2 Å². The van der Waals surface area contributed by atoms with Gasteiger partial charge in [-0.25, -0.2) is 4.79 Å². The van der Waals surface area contributed by atoms with E-state index in [-0.39, 0.29) is 22.8 Å². The van der Waals surface area contributed by atoms with Crippen LogP contribution in [0.5, 0.6) is 23.0 Å². The van der Waals surface area contributed by atoms with Gasteiger partial charge in [-0.1, -0.05) is 15.9 Å². The van der Waals surface area contributed by atoms with Crippen LogP contribution in [0.4, 0.5) is 0 Å². The van der Waals surface area contributed by atoms with Gasteiger partial charge in [-0.2, -0.15) is 0 Å². The summed E-state index contributed by atoms with van der Waals surface area (Å²) in [5, 5.41) is 17.7. The van der Waals surface area contributed by atoms with Crippen molar-refractivity contribution in [1.29, 1.82) is 0 Å². The van der Waals surface area contributed by atoms with Crippen molar-refractivity contribution in [2.24, 2.45) is 0 Å². The van der Waals surface area contributed by atoms with Crippen LogP contribution in [0.25, 0.3) is 17.5 Å². The Morgan fingerprint density at radius 2 is 1.77 bits per heavy atom. The number of benzene rings is 2. The van der Waals surface area contributed by atoms with Crippen LogP contribution < -0.4 is 18.9 Å². The molecule has 0 atom stereocenters. The fourth-order valence-electron chi connectivity index (χ4n) is 2.71. The molecule has 0 fully saturated rings. The molecule has 1 aromatic heterocycles. The molecule has 0 spiro atoms. The van der Waals surface area contributed by atoms with E-state index in [0.717, 1.165) is 11.8 Å². The number of fused-ring (bicyclic) bond motifs is 1. The molecule has 0 amide bonds. The number of nitrogens with zero attached hydrogens (tertiary/aromatic N) is 2. The number of halogens is 1. The number of carboxylic acid groups (broad SMARTS) is 1. The molecule has 1 aliphatic heterocycles. The normalized spacial score (nSPS) is 12.7. The molecule has 1 N–H and O–H groups in total. The molecule has 160 valence electrons. The number of thioether (sulfide) groups is 1. The third-order valence-electron chi connectivity index (χ3n) is 4.19. The van der Waals surface area contributed by atoms with Crippen LogP contribution in [-0.2, 0) is 4.79 Å². The highest BCUT2D eigenvalue weighted by molar-refractivity contribution is 9.10. The van der Waals surface area contributed by atoms with E-state index in [2.05, 4.69) is 26.1 Å². The van der Waals surface area contributed by atoms with Crippen LogP contribution in [0.3, 0.4) is 0 Å². The summed E-state index contributed by atoms with van der Waals surface area (Å²) in [6, 6.07) is 8.55. The van der Waals surface area contributed by atoms with E-state index >= 15 is 0 Å². The second-order valence-corrected chi connectivity index (χ2v) is 7.96. The summed E-state index contributed by atoms with van der Waals surface area (Å²) in [6.45, 7) is 0.120. The van der Waals surface area contributed by atoms with E-state index in [0.29, 0.717) is 38.6 Å². The Labute approximate surface area is 189 Å². The van der Waals surface area contributed by atoms with E-state index in [1.165, 1.54) is 20.3 Å². The van der Waals surface area contributed by atoms with Crippen LogP contribution >= 0.6 is 27.7 Å². The van der Waals surface area contributed by atoms with Crippen molar-refractivity contribution in [2.75, 3.05) is 21.0 Å². The fourth-order valence-corrected chi connectivity index (χ4v) is 3.81. The molecular formula is C20H15BrN2O7S. The maximum Gasteiger partial charge on any atom is 0.342 e. The molecule has 0 saturated carbocycles. The van der Waals surface area contributed by atoms with Crippen molar-refractivity contribution in [3.8, 4) is 34.5 Å². The molecule has 31 heavy (non-hydrogen) atoms. The number of carboxylic acids is 1. The highest BCUT2D eigenvalue weighted by Gasteiger charge is 2.20. The highest BCUT2D eigenvalue weighted by Crippen LogP contribution is 2.39. The largest absolute Gasteiger partial charge is 0.497 e. The Morgan fingerprint density at radius 1 is 1.10 bits per heavy atom. The molecule has 0 bridgehead atoms. The lowest BCUT2D eigenvalue weighted by Crippen LogP contribution is -1.97. The molecule has 0 saturated heterocycles. The van der Waals surface area contributed by atoms with Gasteiger partial charge in [-0.3, -0.25) is 0 Å². The van der Waals surface area contributed by atoms with Gasteiger partial charge < -0.3 is 28.5 Å². The number of aliphatic carboxylic acids is 1. The molecule has 4 rings (SSSR count). The molecule has 0 unspecified atom stereocenters. The SMILES string of the molecule is COc1cc(OC)cc(-c2nnc(S/C(=C\c3cc4c(cc3Br)OCO4)C(=O)O)o2)c1. The minimum absolute atomic E-state index is 0.0158. The van der Waals surface area contributed by atoms with Crippen molar-refractivity contribution < 1.29 is 33.3 Å². The molecule has 0 aliphatic carbocycles. The maximum absolute atomic E-state index is 11.8. The first kappa shape index (κ1) is 21.1. The van der Waals surface area contributed by atoms with Crippen LogP contribution in [-0.4, -0.2) is 42.3 Å². The van der Waals surface area contributed by atoms with Gasteiger partial charge in [-0.05, 0) is 47.7 Å². The number of rotatable bonds is 7. The molecule has 2 heterocycles. The molecule has 1 aliphatic rings. The van der Waals surface area contributed by atoms with Crippen molar-refractivity contribution in [3.05, 3.63) is 45.3 Å². The van der Waals surface area contributed by atoms with Gasteiger partial charge in [-0.15, -0.1) is 10.2 Å². The third kappa shape index (κ3) is 4.62. The van der Waals surface area contributed by atoms with E-state index in [1.807, 2.05) is 0 Å². The smallest absolute Gasteiger partial charge is 0.342 e. The standard InChI is InChI=1S/C20H15BrN2O7S/c1-26-12-3-11(4-13(7-12)27-2)18-22-23-20(30-18)31-17(19(24)25)6-10-5-15-16(8-14(10)21)29-9-28-15/h3-8H,9H2,1-2H3,(H,24,25)/b17-6-. The minimum atomic E-state index is -1.14. The zero-order valence-electron chi connectivity index (χ0n) is 16.2. The summed E-state index contributed by atoms with van der Waals surface area (Å²) in [7, 11) is 3.07. The Morgan fingerprint density at radius 3 is 2.42 bits per heavy atom. The number of ether oxygens (including phenoxy) is 4. The van der Waals surface area contributed by atoms with Crippen molar-refractivity contribution in [3.63, 3.8) is 0 Å². The monoisotopic (exact) mass is 506 g/mol. The summed E-state index contributed by atoms with van der Waals surface area (Å²) in [4.78, 5) is 11.8. The Bertz CT molecular complexity index is 1160. The van der Waals surface area contributed by atoms with Gasteiger partial charge in [0.05, 0.1) is 14.2 Å². The Balaban J connectivity index is 1.62. The lowest BCUT2D eigenvalue weighted by atomic mass is 10.2. The lowest BCUT2D eigenvalue weighted by molar-refractivity contribution is -0.131.